The first-order chi connectivity index (χ1) is 11.6. The van der Waals surface area contributed by atoms with Gasteiger partial charge in [-0.25, -0.2) is 4.79 Å². The molecule has 0 aromatic carbocycles. The van der Waals surface area contributed by atoms with Crippen LogP contribution in [0.2, 0.25) is 0 Å². The van der Waals surface area contributed by atoms with E-state index in [4.69, 9.17) is 19.6 Å². The van der Waals surface area contributed by atoms with Crippen LogP contribution in [-0.4, -0.2) is 49.4 Å². The van der Waals surface area contributed by atoms with Gasteiger partial charge < -0.3 is 24.5 Å². The van der Waals surface area contributed by atoms with Crippen molar-refractivity contribution in [2.75, 3.05) is 31.2 Å². The number of aryl methyl sites for hydroxylation is 1. The number of nitrogens with two attached hydrogens (primary N) is 1. The standard InChI is InChI=1S/C17H29N3O4/c1-4-7-10-23-16(21)15-13(5-2)24-17(19-15)20-9-8-12(18)14(11-20)22-6-3/h12,14H,4-11,18H2,1-3H3. The lowest BCUT2D eigenvalue weighted by molar-refractivity contribution is 0.0379. The van der Waals surface area contributed by atoms with Crippen molar-refractivity contribution >= 4 is 12.0 Å². The zero-order chi connectivity index (χ0) is 17.5. The van der Waals surface area contributed by atoms with Crippen LogP contribution in [0.15, 0.2) is 4.42 Å². The normalized spacial score (nSPS) is 21.1. The van der Waals surface area contributed by atoms with Gasteiger partial charge in [0, 0.05) is 25.6 Å². The fraction of sp³-hybridized carbons (Fsp3) is 0.765. The van der Waals surface area contributed by atoms with Gasteiger partial charge in [0.25, 0.3) is 6.01 Å². The number of anilines is 1. The lowest BCUT2D eigenvalue weighted by Gasteiger charge is -2.35. The number of piperidine rings is 1. The number of hydrogen-bond acceptors (Lipinski definition) is 7. The van der Waals surface area contributed by atoms with E-state index in [0.29, 0.717) is 38.0 Å². The zero-order valence-electron chi connectivity index (χ0n) is 14.9. The van der Waals surface area contributed by atoms with Crippen LogP contribution in [0.1, 0.15) is 56.3 Å². The highest BCUT2D eigenvalue weighted by Gasteiger charge is 2.31. The molecule has 0 radical (unpaired) electrons. The number of unbranched alkanes of at least 4 members (excludes halogenated alkanes) is 1. The summed E-state index contributed by atoms with van der Waals surface area (Å²) in [5.74, 6) is 0.152. The zero-order valence-corrected chi connectivity index (χ0v) is 14.9. The Labute approximate surface area is 143 Å². The van der Waals surface area contributed by atoms with Crippen molar-refractivity contribution < 1.29 is 18.7 Å². The van der Waals surface area contributed by atoms with Crippen molar-refractivity contribution in [3.05, 3.63) is 11.5 Å². The van der Waals surface area contributed by atoms with Gasteiger partial charge in [-0.3, -0.25) is 0 Å². The van der Waals surface area contributed by atoms with Gasteiger partial charge in [0.15, 0.2) is 5.69 Å². The first kappa shape index (κ1) is 18.7. The van der Waals surface area contributed by atoms with Crippen LogP contribution in [-0.2, 0) is 15.9 Å². The number of ether oxygens (including phenoxy) is 2. The summed E-state index contributed by atoms with van der Waals surface area (Å²) in [5, 5.41) is 0. The maximum Gasteiger partial charge on any atom is 0.360 e. The second-order valence-corrected chi connectivity index (χ2v) is 6.00. The topological polar surface area (TPSA) is 90.8 Å². The molecule has 7 nitrogen and oxygen atoms in total. The van der Waals surface area contributed by atoms with Crippen LogP contribution in [0.4, 0.5) is 6.01 Å². The lowest BCUT2D eigenvalue weighted by atomic mass is 10.0. The average molecular weight is 339 g/mol. The molecule has 2 unspecified atom stereocenters. The molecule has 1 saturated heterocycles. The molecule has 24 heavy (non-hydrogen) atoms. The Kier molecular flexibility index (Phi) is 7.05. The number of aromatic nitrogens is 1. The molecule has 0 bridgehead atoms. The summed E-state index contributed by atoms with van der Waals surface area (Å²) in [6, 6.07) is 0.464. The second-order valence-electron chi connectivity index (χ2n) is 6.00. The summed E-state index contributed by atoms with van der Waals surface area (Å²) < 4.78 is 16.8. The van der Waals surface area contributed by atoms with E-state index < -0.39 is 5.97 Å². The molecule has 0 amide bonds. The van der Waals surface area contributed by atoms with Crippen LogP contribution in [0.3, 0.4) is 0 Å². The lowest BCUT2D eigenvalue weighted by Crippen LogP contribution is -2.52. The monoisotopic (exact) mass is 339 g/mol. The minimum Gasteiger partial charge on any atom is -0.461 e. The minimum absolute atomic E-state index is 0.0142. The molecule has 2 rings (SSSR count). The SMILES string of the molecule is CCCCOC(=O)c1nc(N2CCC(N)C(OCC)C2)oc1CC. The number of rotatable bonds is 8. The van der Waals surface area contributed by atoms with E-state index in [1.54, 1.807) is 0 Å². The van der Waals surface area contributed by atoms with E-state index in [1.165, 1.54) is 0 Å². The molecule has 7 heteroatoms. The molecule has 2 atom stereocenters. The summed E-state index contributed by atoms with van der Waals surface area (Å²) >= 11 is 0. The van der Waals surface area contributed by atoms with E-state index in [-0.39, 0.29) is 17.8 Å². The van der Waals surface area contributed by atoms with Crippen molar-refractivity contribution in [1.82, 2.24) is 4.98 Å². The van der Waals surface area contributed by atoms with Crippen molar-refractivity contribution in [2.45, 2.75) is 58.6 Å². The minimum atomic E-state index is -0.412. The average Bonchev–Trinajstić information content (AvgIpc) is 3.01. The summed E-state index contributed by atoms with van der Waals surface area (Å²) in [5.41, 5.74) is 6.39. The van der Waals surface area contributed by atoms with Gasteiger partial charge >= 0.3 is 5.97 Å². The van der Waals surface area contributed by atoms with Crippen LogP contribution in [0.25, 0.3) is 0 Å². The third-order valence-electron chi connectivity index (χ3n) is 4.19. The Morgan fingerprint density at radius 3 is 2.88 bits per heavy atom. The van der Waals surface area contributed by atoms with Gasteiger partial charge in [0.05, 0.1) is 19.3 Å². The second kappa shape index (κ2) is 9.03. The number of carbonyl (C=O) groups is 1. The van der Waals surface area contributed by atoms with Gasteiger partial charge in [-0.2, -0.15) is 4.98 Å². The fourth-order valence-corrected chi connectivity index (χ4v) is 2.75. The van der Waals surface area contributed by atoms with Crippen molar-refractivity contribution in [3.63, 3.8) is 0 Å². The highest BCUT2D eigenvalue weighted by atomic mass is 16.5. The van der Waals surface area contributed by atoms with Crippen molar-refractivity contribution in [2.24, 2.45) is 5.73 Å². The molecule has 0 aliphatic carbocycles. The van der Waals surface area contributed by atoms with Crippen molar-refractivity contribution in [1.29, 1.82) is 0 Å². The molecule has 1 aromatic rings. The highest BCUT2D eigenvalue weighted by molar-refractivity contribution is 5.88. The van der Waals surface area contributed by atoms with E-state index >= 15 is 0 Å². The molecule has 0 spiro atoms. The van der Waals surface area contributed by atoms with E-state index in [1.807, 2.05) is 18.7 Å². The molecule has 1 aliphatic heterocycles. The van der Waals surface area contributed by atoms with Gasteiger partial charge in [-0.1, -0.05) is 20.3 Å². The van der Waals surface area contributed by atoms with Gasteiger partial charge in [-0.15, -0.1) is 0 Å². The maximum atomic E-state index is 12.2. The van der Waals surface area contributed by atoms with Gasteiger partial charge in [0.2, 0.25) is 0 Å². The van der Waals surface area contributed by atoms with Crippen molar-refractivity contribution in [3.8, 4) is 0 Å². The summed E-state index contributed by atoms with van der Waals surface area (Å²) in [7, 11) is 0. The molecule has 2 heterocycles. The fourth-order valence-electron chi connectivity index (χ4n) is 2.75. The third kappa shape index (κ3) is 4.48. The van der Waals surface area contributed by atoms with Crippen LogP contribution in [0, 0.1) is 0 Å². The summed E-state index contributed by atoms with van der Waals surface area (Å²) in [4.78, 5) is 18.6. The molecule has 1 aromatic heterocycles. The maximum absolute atomic E-state index is 12.2. The van der Waals surface area contributed by atoms with Crippen LogP contribution in [0.5, 0.6) is 0 Å². The van der Waals surface area contributed by atoms with Gasteiger partial charge in [0.1, 0.15) is 5.76 Å². The quantitative estimate of drug-likeness (QED) is 0.573. The summed E-state index contributed by atoms with van der Waals surface area (Å²) in [6.07, 6.45) is 3.15. The van der Waals surface area contributed by atoms with Crippen LogP contribution < -0.4 is 10.6 Å². The molecule has 1 fully saturated rings. The first-order valence-electron chi connectivity index (χ1n) is 8.89. The highest BCUT2D eigenvalue weighted by Crippen LogP contribution is 2.24. The molecular weight excluding hydrogens is 310 g/mol. The molecule has 136 valence electrons. The first-order valence-corrected chi connectivity index (χ1v) is 8.89. The Hall–Kier alpha value is -1.60. The Bertz CT molecular complexity index is 532. The predicted octanol–water partition coefficient (Wildman–Crippen LogP) is 2.14. The molecular formula is C17H29N3O4. The number of carbonyl (C=O) groups excluding carboxylic acids is 1. The smallest absolute Gasteiger partial charge is 0.360 e. The predicted molar refractivity (Wildman–Crippen MR) is 91.3 cm³/mol. The number of esters is 1. The number of oxazole rings is 1. The Morgan fingerprint density at radius 1 is 1.42 bits per heavy atom. The molecule has 2 N–H and O–H groups in total. The van der Waals surface area contributed by atoms with Gasteiger partial charge in [-0.05, 0) is 19.8 Å². The molecule has 0 saturated carbocycles. The van der Waals surface area contributed by atoms with E-state index in [0.717, 1.165) is 25.8 Å². The number of hydrogen-bond donors (Lipinski definition) is 1. The Morgan fingerprint density at radius 2 is 2.21 bits per heavy atom. The third-order valence-corrected chi connectivity index (χ3v) is 4.19. The van der Waals surface area contributed by atoms with E-state index in [9.17, 15) is 4.79 Å². The number of nitrogens with zero attached hydrogens (tertiary/aromatic N) is 2. The van der Waals surface area contributed by atoms with E-state index in [2.05, 4.69) is 11.9 Å². The van der Waals surface area contributed by atoms with Crippen LogP contribution >= 0.6 is 0 Å². The Balaban J connectivity index is 2.09. The molecule has 1 aliphatic rings. The largest absolute Gasteiger partial charge is 0.461 e. The summed E-state index contributed by atoms with van der Waals surface area (Å²) in [6.45, 7) is 8.31.